The summed E-state index contributed by atoms with van der Waals surface area (Å²) in [6.07, 6.45) is 0.877. The molecular formula is C26H30ClN3O. The topological polar surface area (TPSA) is 28.5 Å². The normalized spacial score (nSPS) is 15.5. The smallest absolute Gasteiger partial charge is 0.274 e. The van der Waals surface area contributed by atoms with Gasteiger partial charge in [-0.25, -0.2) is 0 Å². The zero-order valence-electron chi connectivity index (χ0n) is 19.2. The van der Waals surface area contributed by atoms with E-state index in [-0.39, 0.29) is 11.9 Å². The van der Waals surface area contributed by atoms with Crippen molar-refractivity contribution in [2.75, 3.05) is 19.0 Å². The number of carbonyl (C=O) groups excluding carboxylic acids is 1. The van der Waals surface area contributed by atoms with E-state index in [9.17, 15) is 4.79 Å². The number of rotatable bonds is 4. The highest BCUT2D eigenvalue weighted by Gasteiger charge is 2.35. The molecule has 1 aromatic heterocycles. The standard InChI is InChI=1S/C26H30ClN3O/c1-8-21-17(4)24-25-22(23(21)19-9-11-20(27)12-10-19)13-15(2)29(25)14-16(3)30(24)26(31)18(5)28(6)7/h9-13,16H,5,8,14H2,1-4,6-7H3. The van der Waals surface area contributed by atoms with Gasteiger partial charge in [-0.05, 0) is 67.6 Å². The summed E-state index contributed by atoms with van der Waals surface area (Å²) in [5.41, 5.74) is 8.68. The van der Waals surface area contributed by atoms with Crippen LogP contribution in [0.4, 0.5) is 5.69 Å². The molecule has 0 saturated heterocycles. The molecule has 0 aliphatic carbocycles. The van der Waals surface area contributed by atoms with Gasteiger partial charge >= 0.3 is 0 Å². The van der Waals surface area contributed by atoms with Crippen LogP contribution in [0.15, 0.2) is 42.6 Å². The maximum Gasteiger partial charge on any atom is 0.274 e. The number of carbonyl (C=O) groups is 1. The maximum absolute atomic E-state index is 13.5. The van der Waals surface area contributed by atoms with Crippen LogP contribution in [0.25, 0.3) is 22.0 Å². The van der Waals surface area contributed by atoms with E-state index in [2.05, 4.69) is 57.0 Å². The number of halogens is 1. The lowest BCUT2D eigenvalue weighted by atomic mass is 9.88. The van der Waals surface area contributed by atoms with E-state index in [0.717, 1.165) is 40.3 Å². The van der Waals surface area contributed by atoms with Crippen molar-refractivity contribution >= 4 is 34.1 Å². The lowest BCUT2D eigenvalue weighted by Gasteiger charge is -2.38. The molecule has 1 aliphatic heterocycles. The van der Waals surface area contributed by atoms with Crippen molar-refractivity contribution in [3.63, 3.8) is 0 Å². The fourth-order valence-corrected chi connectivity index (χ4v) is 5.04. The monoisotopic (exact) mass is 435 g/mol. The van der Waals surface area contributed by atoms with Gasteiger partial charge in [0.2, 0.25) is 0 Å². The Morgan fingerprint density at radius 2 is 1.87 bits per heavy atom. The lowest BCUT2D eigenvalue weighted by Crippen LogP contribution is -2.46. The molecule has 3 aromatic rings. The summed E-state index contributed by atoms with van der Waals surface area (Å²) in [7, 11) is 3.73. The summed E-state index contributed by atoms with van der Waals surface area (Å²) in [5, 5.41) is 1.92. The molecule has 0 saturated carbocycles. The summed E-state index contributed by atoms with van der Waals surface area (Å²) in [6.45, 7) is 13.4. The number of nitrogens with zero attached hydrogens (tertiary/aromatic N) is 3. The first-order chi connectivity index (χ1) is 14.7. The highest BCUT2D eigenvalue weighted by molar-refractivity contribution is 6.30. The van der Waals surface area contributed by atoms with E-state index < -0.39 is 0 Å². The number of likely N-dealkylation sites (N-methyl/N-ethyl adjacent to an activating group) is 1. The third kappa shape index (κ3) is 3.25. The number of amides is 1. The van der Waals surface area contributed by atoms with Crippen molar-refractivity contribution in [2.24, 2.45) is 0 Å². The van der Waals surface area contributed by atoms with Crippen molar-refractivity contribution in [3.8, 4) is 11.1 Å². The number of aryl methyl sites for hydroxylation is 1. The molecule has 0 N–H and O–H groups in total. The summed E-state index contributed by atoms with van der Waals surface area (Å²) >= 11 is 6.17. The SMILES string of the molecule is C=C(C(=O)N1c2c(C)c(CC)c(-c3ccc(Cl)cc3)c3cc(C)n(c23)CC1C)N(C)C. The zero-order valence-corrected chi connectivity index (χ0v) is 20.0. The van der Waals surface area contributed by atoms with Gasteiger partial charge in [-0.1, -0.05) is 37.2 Å². The predicted octanol–water partition coefficient (Wildman–Crippen LogP) is 5.95. The Hall–Kier alpha value is -2.72. The van der Waals surface area contributed by atoms with Crippen LogP contribution >= 0.6 is 11.6 Å². The van der Waals surface area contributed by atoms with Crippen LogP contribution in [0.3, 0.4) is 0 Å². The Morgan fingerprint density at radius 3 is 2.45 bits per heavy atom. The fourth-order valence-electron chi connectivity index (χ4n) is 4.91. The third-order valence-corrected chi connectivity index (χ3v) is 6.78. The number of hydrogen-bond donors (Lipinski definition) is 0. The minimum absolute atomic E-state index is 0.0340. The first-order valence-corrected chi connectivity index (χ1v) is 11.2. The van der Waals surface area contributed by atoms with Gasteiger partial charge in [0.1, 0.15) is 0 Å². The van der Waals surface area contributed by atoms with E-state index in [1.54, 1.807) is 4.90 Å². The molecule has 2 aromatic carbocycles. The van der Waals surface area contributed by atoms with Crippen LogP contribution < -0.4 is 4.90 Å². The minimum Gasteiger partial charge on any atom is -0.374 e. The fraction of sp³-hybridized carbons (Fsp3) is 0.346. The van der Waals surface area contributed by atoms with E-state index in [4.69, 9.17) is 11.6 Å². The molecule has 4 nitrogen and oxygen atoms in total. The second kappa shape index (κ2) is 7.76. The molecular weight excluding hydrogens is 406 g/mol. The second-order valence-corrected chi connectivity index (χ2v) is 9.15. The van der Waals surface area contributed by atoms with E-state index in [1.165, 1.54) is 22.2 Å². The van der Waals surface area contributed by atoms with Crippen LogP contribution in [0.5, 0.6) is 0 Å². The summed E-state index contributed by atoms with van der Waals surface area (Å²) in [6, 6.07) is 10.4. The van der Waals surface area contributed by atoms with E-state index in [1.807, 2.05) is 31.1 Å². The van der Waals surface area contributed by atoms with Crippen LogP contribution in [-0.4, -0.2) is 35.5 Å². The van der Waals surface area contributed by atoms with E-state index >= 15 is 0 Å². The molecule has 0 bridgehead atoms. The average Bonchev–Trinajstić information content (AvgIpc) is 3.05. The first-order valence-electron chi connectivity index (χ1n) is 10.8. The van der Waals surface area contributed by atoms with Gasteiger partial charge in [0.25, 0.3) is 5.91 Å². The number of anilines is 1. The summed E-state index contributed by atoms with van der Waals surface area (Å²) in [4.78, 5) is 17.3. The molecule has 0 fully saturated rings. The van der Waals surface area contributed by atoms with Crippen molar-refractivity contribution in [3.05, 3.63) is 64.5 Å². The Kier molecular flexibility index (Phi) is 5.38. The van der Waals surface area contributed by atoms with Crippen LogP contribution in [0.2, 0.25) is 5.02 Å². The molecule has 1 atom stereocenters. The van der Waals surface area contributed by atoms with Gasteiger partial charge in [0.15, 0.2) is 0 Å². The van der Waals surface area contributed by atoms with Gasteiger partial charge in [-0.2, -0.15) is 0 Å². The molecule has 0 radical (unpaired) electrons. The van der Waals surface area contributed by atoms with Crippen molar-refractivity contribution in [1.82, 2.24) is 9.47 Å². The second-order valence-electron chi connectivity index (χ2n) is 8.71. The lowest BCUT2D eigenvalue weighted by molar-refractivity contribution is -0.116. The Labute approximate surface area is 189 Å². The summed E-state index contributed by atoms with van der Waals surface area (Å²) in [5.74, 6) is -0.0340. The third-order valence-electron chi connectivity index (χ3n) is 6.53. The van der Waals surface area contributed by atoms with Gasteiger partial charge < -0.3 is 14.4 Å². The molecule has 2 heterocycles. The molecule has 1 unspecified atom stereocenters. The molecule has 0 spiro atoms. The van der Waals surface area contributed by atoms with Gasteiger partial charge in [-0.15, -0.1) is 0 Å². The van der Waals surface area contributed by atoms with E-state index in [0.29, 0.717) is 5.70 Å². The Balaban J connectivity index is 2.08. The number of benzene rings is 2. The highest BCUT2D eigenvalue weighted by Crippen LogP contribution is 2.46. The van der Waals surface area contributed by atoms with Crippen LogP contribution in [0, 0.1) is 13.8 Å². The maximum atomic E-state index is 13.5. The summed E-state index contributed by atoms with van der Waals surface area (Å²) < 4.78 is 2.36. The molecule has 4 rings (SSSR count). The average molecular weight is 436 g/mol. The molecule has 31 heavy (non-hydrogen) atoms. The van der Waals surface area contributed by atoms with Crippen LogP contribution in [-0.2, 0) is 17.8 Å². The van der Waals surface area contributed by atoms with Crippen molar-refractivity contribution in [2.45, 2.75) is 46.7 Å². The largest absolute Gasteiger partial charge is 0.374 e. The molecule has 162 valence electrons. The quantitative estimate of drug-likeness (QED) is 0.473. The molecule has 5 heteroatoms. The predicted molar refractivity (Wildman–Crippen MR) is 131 cm³/mol. The minimum atomic E-state index is -0.0340. The first kappa shape index (κ1) is 21.5. The Bertz CT molecular complexity index is 1200. The van der Waals surface area contributed by atoms with Crippen molar-refractivity contribution in [1.29, 1.82) is 0 Å². The van der Waals surface area contributed by atoms with Gasteiger partial charge in [0, 0.05) is 36.7 Å². The molecule has 1 aliphatic rings. The highest BCUT2D eigenvalue weighted by atomic mass is 35.5. The number of aromatic nitrogens is 1. The number of hydrogen-bond acceptors (Lipinski definition) is 2. The zero-order chi connectivity index (χ0) is 22.6. The van der Waals surface area contributed by atoms with Gasteiger partial charge in [0.05, 0.1) is 22.9 Å². The van der Waals surface area contributed by atoms with Crippen molar-refractivity contribution < 1.29 is 4.79 Å². The van der Waals surface area contributed by atoms with Crippen LogP contribution in [0.1, 0.15) is 30.7 Å². The van der Waals surface area contributed by atoms with Gasteiger partial charge in [-0.3, -0.25) is 4.79 Å². The Morgan fingerprint density at radius 1 is 1.23 bits per heavy atom. The molecule has 1 amide bonds.